The second-order valence-electron chi connectivity index (χ2n) is 8.37. The molecule has 32 heavy (non-hydrogen) atoms. The molecule has 2 aromatic carbocycles. The Morgan fingerprint density at radius 3 is 1.97 bits per heavy atom. The van der Waals surface area contributed by atoms with Gasteiger partial charge in [0, 0.05) is 51.5 Å². The molecule has 0 fully saturated rings. The zero-order chi connectivity index (χ0) is 23.7. The minimum Gasteiger partial charge on any atom is -0.373 e. The summed E-state index contributed by atoms with van der Waals surface area (Å²) in [6.45, 7) is 4.22. The number of carbonyl (C=O) groups is 2. The van der Waals surface area contributed by atoms with Gasteiger partial charge in [0.1, 0.15) is 0 Å². The quantitative estimate of drug-likeness (QED) is 0.432. The van der Waals surface area contributed by atoms with Crippen molar-refractivity contribution < 1.29 is 9.59 Å². The maximum atomic E-state index is 13.2. The molecular weight excluding hydrogens is 402 g/mol. The molecule has 2 aromatic rings. The predicted octanol–water partition coefficient (Wildman–Crippen LogP) is 1.57. The molecule has 0 aliphatic rings. The van der Waals surface area contributed by atoms with Crippen LogP contribution in [0.15, 0.2) is 48.5 Å². The van der Waals surface area contributed by atoms with Crippen LogP contribution < -0.4 is 22.1 Å². The Morgan fingerprint density at radius 1 is 0.875 bits per heavy atom. The first-order chi connectivity index (χ1) is 15.2. The van der Waals surface area contributed by atoms with Gasteiger partial charge in [0.15, 0.2) is 5.78 Å². The third-order valence-corrected chi connectivity index (χ3v) is 5.91. The molecule has 0 saturated carbocycles. The molecule has 0 heterocycles. The molecule has 7 nitrogen and oxygen atoms in total. The van der Waals surface area contributed by atoms with E-state index >= 15 is 0 Å². The highest BCUT2D eigenvalue weighted by Crippen LogP contribution is 2.23. The zero-order valence-corrected chi connectivity index (χ0v) is 19.5. The second kappa shape index (κ2) is 11.8. The fourth-order valence-corrected chi connectivity index (χ4v) is 3.61. The monoisotopic (exact) mass is 439 g/mol. The van der Waals surface area contributed by atoms with Gasteiger partial charge in [-0.15, -0.1) is 0 Å². The van der Waals surface area contributed by atoms with E-state index in [1.807, 2.05) is 67.4 Å². The van der Waals surface area contributed by atoms with Gasteiger partial charge in [0.2, 0.25) is 5.91 Å². The van der Waals surface area contributed by atoms with Crippen LogP contribution in [0.3, 0.4) is 0 Å². The van der Waals surface area contributed by atoms with Gasteiger partial charge in [-0.3, -0.25) is 9.59 Å². The molecule has 0 aromatic heterocycles. The van der Waals surface area contributed by atoms with Crippen LogP contribution in [-0.2, 0) is 17.6 Å². The van der Waals surface area contributed by atoms with Crippen LogP contribution in [0.1, 0.15) is 34.8 Å². The highest BCUT2D eigenvalue weighted by molar-refractivity contribution is 6.03. The van der Waals surface area contributed by atoms with Crippen molar-refractivity contribution in [3.05, 3.63) is 65.2 Å². The van der Waals surface area contributed by atoms with Crippen LogP contribution in [0.4, 0.5) is 5.69 Å². The molecule has 1 atom stereocenters. The number of benzene rings is 2. The minimum absolute atomic E-state index is 0.0284. The number of nitrogens with zero attached hydrogens (tertiary/aromatic N) is 2. The predicted molar refractivity (Wildman–Crippen MR) is 131 cm³/mol. The molecule has 174 valence electrons. The van der Waals surface area contributed by atoms with Crippen molar-refractivity contribution in [2.45, 2.75) is 31.7 Å². The summed E-state index contributed by atoms with van der Waals surface area (Å²) in [6.07, 6.45) is 1.27. The third kappa shape index (κ3) is 6.63. The SMILES string of the molecule is CCC(N)(Cc1ccc(CC(=O)N(C)CCN)cc1)C(=O)c1ccc(N(C)CCN)cc1. The Balaban J connectivity index is 2.09. The largest absolute Gasteiger partial charge is 0.373 e. The standard InChI is InChI=1S/C25H37N5O2/c1-4-25(28,24(32)21-9-11-22(12-10-21)29(2)15-13-26)18-20-7-5-19(6-8-20)17-23(31)30(3)16-14-27/h5-12H,4,13-18,26-28H2,1-3H3. The fraction of sp³-hybridized carbons (Fsp3) is 0.440. The molecule has 2 rings (SSSR count). The summed E-state index contributed by atoms with van der Waals surface area (Å²) in [5.41, 5.74) is 20.2. The van der Waals surface area contributed by atoms with E-state index in [1.165, 1.54) is 0 Å². The molecule has 1 amide bonds. The second-order valence-corrected chi connectivity index (χ2v) is 8.37. The first-order valence-electron chi connectivity index (χ1n) is 11.1. The minimum atomic E-state index is -0.997. The number of anilines is 1. The first-order valence-corrected chi connectivity index (χ1v) is 11.1. The molecule has 0 radical (unpaired) electrons. The first kappa shape index (κ1) is 25.5. The lowest BCUT2D eigenvalue weighted by Crippen LogP contribution is -2.49. The van der Waals surface area contributed by atoms with Crippen molar-refractivity contribution in [2.24, 2.45) is 17.2 Å². The molecule has 0 saturated heterocycles. The Hall–Kier alpha value is -2.74. The van der Waals surface area contributed by atoms with Crippen molar-refractivity contribution >= 4 is 17.4 Å². The van der Waals surface area contributed by atoms with Crippen molar-refractivity contribution in [1.82, 2.24) is 4.90 Å². The van der Waals surface area contributed by atoms with E-state index in [1.54, 1.807) is 11.9 Å². The molecule has 0 aliphatic heterocycles. The van der Waals surface area contributed by atoms with Gasteiger partial charge in [-0.2, -0.15) is 0 Å². The highest BCUT2D eigenvalue weighted by atomic mass is 16.2. The van der Waals surface area contributed by atoms with Gasteiger partial charge in [0.25, 0.3) is 0 Å². The third-order valence-electron chi connectivity index (χ3n) is 5.91. The van der Waals surface area contributed by atoms with Gasteiger partial charge in [0.05, 0.1) is 12.0 Å². The summed E-state index contributed by atoms with van der Waals surface area (Å²) in [6, 6.07) is 15.2. The molecule has 7 heteroatoms. The van der Waals surface area contributed by atoms with E-state index in [4.69, 9.17) is 17.2 Å². The van der Waals surface area contributed by atoms with Crippen molar-refractivity contribution in [3.63, 3.8) is 0 Å². The van der Waals surface area contributed by atoms with E-state index in [-0.39, 0.29) is 11.7 Å². The summed E-state index contributed by atoms with van der Waals surface area (Å²) < 4.78 is 0. The summed E-state index contributed by atoms with van der Waals surface area (Å²) >= 11 is 0. The Kier molecular flexibility index (Phi) is 9.38. The average molecular weight is 440 g/mol. The van der Waals surface area contributed by atoms with Crippen LogP contribution in [0.2, 0.25) is 0 Å². The lowest BCUT2D eigenvalue weighted by atomic mass is 9.82. The number of Topliss-reactive ketones (excluding diaryl/α,β-unsaturated/α-hetero) is 1. The van der Waals surface area contributed by atoms with Gasteiger partial charge in [-0.1, -0.05) is 31.2 Å². The van der Waals surface area contributed by atoms with Gasteiger partial charge in [-0.05, 0) is 48.2 Å². The molecule has 0 spiro atoms. The van der Waals surface area contributed by atoms with Crippen LogP contribution in [0, 0.1) is 0 Å². The van der Waals surface area contributed by atoms with Crippen LogP contribution in [0.5, 0.6) is 0 Å². The topological polar surface area (TPSA) is 119 Å². The number of amides is 1. The molecule has 0 bridgehead atoms. The normalized spacial score (nSPS) is 12.8. The number of ketones is 1. The highest BCUT2D eigenvalue weighted by Gasteiger charge is 2.33. The van der Waals surface area contributed by atoms with Crippen LogP contribution >= 0.6 is 0 Å². The summed E-state index contributed by atoms with van der Waals surface area (Å²) in [5, 5.41) is 0. The number of likely N-dealkylation sites (N-methyl/N-ethyl adjacent to an activating group) is 2. The number of nitrogens with two attached hydrogens (primary N) is 3. The Labute approximate surface area is 191 Å². The number of hydrogen-bond acceptors (Lipinski definition) is 6. The van der Waals surface area contributed by atoms with Gasteiger partial charge >= 0.3 is 0 Å². The maximum absolute atomic E-state index is 13.2. The van der Waals surface area contributed by atoms with E-state index in [0.29, 0.717) is 44.5 Å². The maximum Gasteiger partial charge on any atom is 0.226 e. The van der Waals surface area contributed by atoms with E-state index < -0.39 is 5.54 Å². The van der Waals surface area contributed by atoms with Gasteiger partial charge in [-0.25, -0.2) is 0 Å². The zero-order valence-electron chi connectivity index (χ0n) is 19.5. The Morgan fingerprint density at radius 2 is 1.44 bits per heavy atom. The molecule has 6 N–H and O–H groups in total. The van der Waals surface area contributed by atoms with Crippen molar-refractivity contribution in [1.29, 1.82) is 0 Å². The number of carbonyl (C=O) groups excluding carboxylic acids is 2. The van der Waals surface area contributed by atoms with Crippen molar-refractivity contribution in [3.8, 4) is 0 Å². The van der Waals surface area contributed by atoms with Gasteiger partial charge < -0.3 is 27.0 Å². The number of rotatable bonds is 12. The van der Waals surface area contributed by atoms with Crippen LogP contribution in [-0.4, -0.2) is 62.4 Å². The van der Waals surface area contributed by atoms with Crippen LogP contribution in [0.25, 0.3) is 0 Å². The Bertz CT molecular complexity index is 882. The van der Waals surface area contributed by atoms with E-state index in [2.05, 4.69) is 0 Å². The van der Waals surface area contributed by atoms with Crippen molar-refractivity contribution in [2.75, 3.05) is 45.2 Å². The van der Waals surface area contributed by atoms with E-state index in [0.717, 1.165) is 23.4 Å². The molecule has 0 aliphatic carbocycles. The summed E-state index contributed by atoms with van der Waals surface area (Å²) in [7, 11) is 3.72. The lowest BCUT2D eigenvalue weighted by molar-refractivity contribution is -0.129. The summed E-state index contributed by atoms with van der Waals surface area (Å²) in [5.74, 6) is -0.0450. The van der Waals surface area contributed by atoms with E-state index in [9.17, 15) is 9.59 Å². The smallest absolute Gasteiger partial charge is 0.226 e. The summed E-state index contributed by atoms with van der Waals surface area (Å²) in [4.78, 5) is 29.1. The lowest BCUT2D eigenvalue weighted by Gasteiger charge is -2.27. The average Bonchev–Trinajstić information content (AvgIpc) is 2.80. The molecular formula is C25H37N5O2. The molecule has 1 unspecified atom stereocenters. The number of hydrogen-bond donors (Lipinski definition) is 3. The fourth-order valence-electron chi connectivity index (χ4n) is 3.61.